The van der Waals surface area contributed by atoms with E-state index < -0.39 is 5.97 Å². The number of fused-ring (bicyclic) bond motifs is 1. The summed E-state index contributed by atoms with van der Waals surface area (Å²) in [6.07, 6.45) is 4.96. The number of carbonyl (C=O) groups is 1. The molecule has 6 heteroatoms. The molecular formula is C14H10BrN3O2. The van der Waals surface area contributed by atoms with Crippen LogP contribution in [0.25, 0.3) is 16.9 Å². The zero-order valence-electron chi connectivity index (χ0n) is 10.5. The van der Waals surface area contributed by atoms with Gasteiger partial charge in [-0.1, -0.05) is 0 Å². The number of hydrogen-bond acceptors (Lipinski definition) is 3. The Morgan fingerprint density at radius 3 is 2.70 bits per heavy atom. The molecule has 0 aliphatic heterocycles. The number of rotatable bonds is 2. The van der Waals surface area contributed by atoms with Crippen LogP contribution in [0.15, 0.2) is 41.3 Å². The first-order chi connectivity index (χ1) is 9.58. The van der Waals surface area contributed by atoms with Gasteiger partial charge in [0.15, 0.2) is 5.69 Å². The summed E-state index contributed by atoms with van der Waals surface area (Å²) in [5.74, 6) is -1.01. The molecule has 0 radical (unpaired) electrons. The summed E-state index contributed by atoms with van der Waals surface area (Å²) >= 11 is 3.41. The number of carboxylic acids is 1. The zero-order chi connectivity index (χ0) is 14.3. The third kappa shape index (κ3) is 1.98. The van der Waals surface area contributed by atoms with Crippen molar-refractivity contribution >= 4 is 27.5 Å². The van der Waals surface area contributed by atoms with Crippen LogP contribution in [0.5, 0.6) is 0 Å². The number of halogens is 1. The van der Waals surface area contributed by atoms with E-state index in [-0.39, 0.29) is 5.69 Å². The van der Waals surface area contributed by atoms with Crippen molar-refractivity contribution in [2.75, 3.05) is 0 Å². The summed E-state index contributed by atoms with van der Waals surface area (Å²) in [5, 5.41) is 9.48. The maximum absolute atomic E-state index is 11.6. The van der Waals surface area contributed by atoms with E-state index in [2.05, 4.69) is 25.9 Å². The molecule has 0 fully saturated rings. The van der Waals surface area contributed by atoms with Crippen LogP contribution >= 0.6 is 15.9 Å². The molecule has 0 amide bonds. The van der Waals surface area contributed by atoms with E-state index in [0.29, 0.717) is 11.3 Å². The Bertz CT molecular complexity index is 812. The molecule has 0 aromatic carbocycles. The highest BCUT2D eigenvalue weighted by Crippen LogP contribution is 2.26. The van der Waals surface area contributed by atoms with E-state index in [1.165, 1.54) is 0 Å². The molecule has 100 valence electrons. The second-order valence-electron chi connectivity index (χ2n) is 4.38. The van der Waals surface area contributed by atoms with Crippen molar-refractivity contribution in [3.63, 3.8) is 0 Å². The molecule has 0 spiro atoms. The van der Waals surface area contributed by atoms with Gasteiger partial charge in [-0.15, -0.1) is 0 Å². The Labute approximate surface area is 123 Å². The molecule has 0 unspecified atom stereocenters. The van der Waals surface area contributed by atoms with Crippen molar-refractivity contribution in [3.05, 3.63) is 52.5 Å². The van der Waals surface area contributed by atoms with E-state index in [1.807, 2.05) is 13.0 Å². The van der Waals surface area contributed by atoms with Gasteiger partial charge in [0.05, 0.1) is 0 Å². The number of aryl methyl sites for hydroxylation is 1. The smallest absolute Gasteiger partial charge is 0.355 e. The minimum atomic E-state index is -1.01. The zero-order valence-corrected chi connectivity index (χ0v) is 12.1. The third-order valence-electron chi connectivity index (χ3n) is 3.06. The lowest BCUT2D eigenvalue weighted by Gasteiger charge is -2.02. The molecule has 3 aromatic rings. The van der Waals surface area contributed by atoms with Gasteiger partial charge in [-0.2, -0.15) is 0 Å². The summed E-state index contributed by atoms with van der Waals surface area (Å²) in [5.41, 5.74) is 2.93. The van der Waals surface area contributed by atoms with Crippen LogP contribution in [0.2, 0.25) is 0 Å². The monoisotopic (exact) mass is 331 g/mol. The molecular weight excluding hydrogens is 322 g/mol. The van der Waals surface area contributed by atoms with Crippen LogP contribution in [0, 0.1) is 6.92 Å². The highest BCUT2D eigenvalue weighted by molar-refractivity contribution is 9.10. The fourth-order valence-corrected chi connectivity index (χ4v) is 2.39. The predicted octanol–water partition coefficient (Wildman–Crippen LogP) is 3.17. The van der Waals surface area contributed by atoms with Gasteiger partial charge in [0, 0.05) is 28.6 Å². The number of aromatic carboxylic acids is 1. The normalized spacial score (nSPS) is 10.9. The second kappa shape index (κ2) is 4.72. The highest BCUT2D eigenvalue weighted by Gasteiger charge is 2.20. The lowest BCUT2D eigenvalue weighted by molar-refractivity contribution is 0.0690. The van der Waals surface area contributed by atoms with Gasteiger partial charge in [0.25, 0.3) is 0 Å². The minimum Gasteiger partial charge on any atom is -0.476 e. The molecule has 5 nitrogen and oxygen atoms in total. The molecule has 3 rings (SSSR count). The second-order valence-corrected chi connectivity index (χ2v) is 5.24. The number of carboxylic acid groups (broad SMARTS) is 1. The van der Waals surface area contributed by atoms with Crippen LogP contribution in [0.3, 0.4) is 0 Å². The van der Waals surface area contributed by atoms with Gasteiger partial charge in [0.1, 0.15) is 11.3 Å². The van der Waals surface area contributed by atoms with Gasteiger partial charge in [-0.3, -0.25) is 9.38 Å². The molecule has 0 aliphatic carbocycles. The molecule has 0 saturated heterocycles. The van der Waals surface area contributed by atoms with Crippen LogP contribution in [-0.4, -0.2) is 25.4 Å². The summed E-state index contributed by atoms with van der Waals surface area (Å²) < 4.78 is 2.42. The maximum Gasteiger partial charge on any atom is 0.355 e. The van der Waals surface area contributed by atoms with E-state index in [9.17, 15) is 9.90 Å². The molecule has 1 N–H and O–H groups in total. The highest BCUT2D eigenvalue weighted by atomic mass is 79.9. The Kier molecular flexibility index (Phi) is 3.02. The van der Waals surface area contributed by atoms with E-state index in [1.54, 1.807) is 35.1 Å². The Morgan fingerprint density at radius 2 is 2.05 bits per heavy atom. The first-order valence-corrected chi connectivity index (χ1v) is 6.69. The van der Waals surface area contributed by atoms with Gasteiger partial charge in [0.2, 0.25) is 0 Å². The van der Waals surface area contributed by atoms with Crippen molar-refractivity contribution in [3.8, 4) is 11.3 Å². The van der Waals surface area contributed by atoms with E-state index >= 15 is 0 Å². The average Bonchev–Trinajstić information content (AvgIpc) is 2.79. The molecule has 3 heterocycles. The summed E-state index contributed by atoms with van der Waals surface area (Å²) in [7, 11) is 0. The summed E-state index contributed by atoms with van der Waals surface area (Å²) in [6, 6.07) is 5.34. The number of aromatic nitrogens is 3. The van der Waals surface area contributed by atoms with Crippen molar-refractivity contribution < 1.29 is 9.90 Å². The van der Waals surface area contributed by atoms with E-state index in [0.717, 1.165) is 15.6 Å². The molecule has 0 atom stereocenters. The quantitative estimate of drug-likeness (QED) is 0.783. The number of hydrogen-bond donors (Lipinski definition) is 1. The van der Waals surface area contributed by atoms with Crippen LogP contribution in [0.1, 0.15) is 16.1 Å². The topological polar surface area (TPSA) is 67.5 Å². The predicted molar refractivity (Wildman–Crippen MR) is 77.8 cm³/mol. The van der Waals surface area contributed by atoms with Crippen LogP contribution in [-0.2, 0) is 0 Å². The lowest BCUT2D eigenvalue weighted by Crippen LogP contribution is -2.03. The van der Waals surface area contributed by atoms with Crippen LogP contribution < -0.4 is 0 Å². The molecule has 0 saturated carbocycles. The SMILES string of the molecule is Cc1cc2nc(-c3ccncc3)c(C(=O)O)n2cc1Br. The standard InChI is InChI=1S/C14H10BrN3O2/c1-8-6-11-17-12(9-2-4-16-5-3-9)13(14(19)20)18(11)7-10(8)15/h2-7H,1H3,(H,19,20). The van der Waals surface area contributed by atoms with Gasteiger partial charge in [-0.25, -0.2) is 9.78 Å². The Hall–Kier alpha value is -2.21. The first-order valence-electron chi connectivity index (χ1n) is 5.90. The minimum absolute atomic E-state index is 0.145. The van der Waals surface area contributed by atoms with Gasteiger partial charge >= 0.3 is 5.97 Å². The fourth-order valence-electron chi connectivity index (χ4n) is 2.08. The molecule has 0 aliphatic rings. The van der Waals surface area contributed by atoms with Crippen molar-refractivity contribution in [1.82, 2.24) is 14.4 Å². The van der Waals surface area contributed by atoms with Gasteiger partial charge in [-0.05, 0) is 46.6 Å². The van der Waals surface area contributed by atoms with Crippen molar-refractivity contribution in [2.24, 2.45) is 0 Å². The summed E-state index contributed by atoms with van der Waals surface area (Å²) in [6.45, 7) is 1.94. The van der Waals surface area contributed by atoms with Crippen LogP contribution in [0.4, 0.5) is 0 Å². The maximum atomic E-state index is 11.6. The van der Waals surface area contributed by atoms with E-state index in [4.69, 9.17) is 0 Å². The van der Waals surface area contributed by atoms with Gasteiger partial charge < -0.3 is 5.11 Å². The Balaban J connectivity index is 2.38. The van der Waals surface area contributed by atoms with Crippen molar-refractivity contribution in [1.29, 1.82) is 0 Å². The number of imidazole rings is 1. The lowest BCUT2D eigenvalue weighted by atomic mass is 10.1. The molecule has 3 aromatic heterocycles. The number of nitrogens with zero attached hydrogens (tertiary/aromatic N) is 3. The number of pyridine rings is 2. The Morgan fingerprint density at radius 1 is 1.35 bits per heavy atom. The third-order valence-corrected chi connectivity index (χ3v) is 3.89. The largest absolute Gasteiger partial charge is 0.476 e. The molecule has 0 bridgehead atoms. The first kappa shape index (κ1) is 12.8. The average molecular weight is 332 g/mol. The van der Waals surface area contributed by atoms with Crippen molar-refractivity contribution in [2.45, 2.75) is 6.92 Å². The fraction of sp³-hybridized carbons (Fsp3) is 0.0714. The molecule has 20 heavy (non-hydrogen) atoms. The summed E-state index contributed by atoms with van der Waals surface area (Å²) in [4.78, 5) is 20.0.